The van der Waals surface area contributed by atoms with Crippen LogP contribution >= 0.6 is 0 Å². The molecule has 0 saturated carbocycles. The molecule has 8 nitrogen and oxygen atoms in total. The topological polar surface area (TPSA) is 119 Å². The van der Waals surface area contributed by atoms with Crippen LogP contribution in [0, 0.1) is 0 Å². The number of carbonyl (C=O) groups excluding carboxylic acids is 4. The summed E-state index contributed by atoms with van der Waals surface area (Å²) in [4.78, 5) is 44.7. The van der Waals surface area contributed by atoms with Gasteiger partial charge in [-0.25, -0.2) is 0 Å². The molecule has 0 atom stereocenters. The third-order valence-electron chi connectivity index (χ3n) is 1.57. The molecule has 0 amide bonds. The predicted molar refractivity (Wildman–Crippen MR) is 53.2 cm³/mol. The molecule has 0 aromatic rings. The van der Waals surface area contributed by atoms with Gasteiger partial charge in [-0.15, -0.1) is 0 Å². The van der Waals surface area contributed by atoms with Gasteiger partial charge in [0.15, 0.2) is 0 Å². The third-order valence-corrected chi connectivity index (χ3v) is 6.47. The number of hydrogen-bond acceptors (Lipinski definition) is 8. The van der Waals surface area contributed by atoms with Gasteiger partial charge < -0.3 is 0 Å². The average molecular weight is 385 g/mol. The third kappa shape index (κ3) is 6.76. The minimum Gasteiger partial charge on any atom is 1.00 e. The molecular weight excluding hydrogens is 378 g/mol. The number of rotatable bonds is 3. The Morgan fingerprint density at radius 2 is 1.68 bits per heavy atom. The van der Waals surface area contributed by atoms with Crippen LogP contribution < -0.4 is 34.7 Å². The fourth-order valence-electron chi connectivity index (χ4n) is 0.985. The number of carbonyl (C=O) groups is 4. The molecule has 0 aliphatic carbocycles. The van der Waals surface area contributed by atoms with E-state index in [4.69, 9.17) is 9.22 Å². The van der Waals surface area contributed by atoms with Crippen LogP contribution in [0.4, 0.5) is 0 Å². The second kappa shape index (κ2) is 7.68. The Labute approximate surface area is 135 Å². The van der Waals surface area contributed by atoms with Gasteiger partial charge in [0.1, 0.15) is 0 Å². The molecule has 0 fully saturated rings. The van der Waals surface area contributed by atoms with Crippen LogP contribution in [0.3, 0.4) is 0 Å². The summed E-state index contributed by atoms with van der Waals surface area (Å²) < 4.78 is 14.2. The van der Waals surface area contributed by atoms with Crippen LogP contribution in [0.1, 0.15) is 0 Å². The predicted octanol–water partition coefficient (Wildman–Crippen LogP) is -4.94. The Hall–Kier alpha value is -0.841. The van der Waals surface area contributed by atoms with Crippen molar-refractivity contribution in [2.45, 2.75) is 4.94 Å². The van der Waals surface area contributed by atoms with Gasteiger partial charge in [-0.2, -0.15) is 0 Å². The molecule has 0 saturated heterocycles. The fraction of sp³-hybridized carbons (Fsp3) is 0.111. The SMILES string of the molecule is [CH3][Sn]1([O]C(=O)/C=C\C(=O)[O-])[O]C(=O)C=CC(=O)[O]1.[Na+]. The van der Waals surface area contributed by atoms with Crippen LogP contribution in [-0.4, -0.2) is 43.5 Å². The molecule has 0 aromatic carbocycles. The normalized spacial score (nSPS) is 16.9. The van der Waals surface area contributed by atoms with Crippen molar-refractivity contribution in [1.82, 2.24) is 0 Å². The second-order valence-electron chi connectivity index (χ2n) is 3.11. The smallest absolute Gasteiger partial charge is 1.00 e. The average Bonchev–Trinajstić information content (AvgIpc) is 2.34. The molecule has 1 aliphatic rings. The van der Waals surface area contributed by atoms with Crippen molar-refractivity contribution in [3.8, 4) is 0 Å². The molecule has 19 heavy (non-hydrogen) atoms. The second-order valence-corrected chi connectivity index (χ2v) is 9.78. The summed E-state index contributed by atoms with van der Waals surface area (Å²) in [5.74, 6) is -4.42. The monoisotopic (exact) mass is 386 g/mol. The van der Waals surface area contributed by atoms with Crippen LogP contribution in [0.15, 0.2) is 24.3 Å². The Morgan fingerprint density at radius 1 is 1.21 bits per heavy atom. The van der Waals surface area contributed by atoms with E-state index in [-0.39, 0.29) is 29.6 Å². The number of carboxylic acid groups (broad SMARTS) is 1. The van der Waals surface area contributed by atoms with Gasteiger partial charge >= 0.3 is 136 Å². The maximum atomic E-state index is 11.2. The summed E-state index contributed by atoms with van der Waals surface area (Å²) in [6, 6.07) is 0. The molecule has 96 valence electrons. The maximum Gasteiger partial charge on any atom is 1.00 e. The minimum absolute atomic E-state index is 0. The van der Waals surface area contributed by atoms with Crippen LogP contribution in [-0.2, 0) is 28.4 Å². The molecule has 0 N–H and O–H groups in total. The Balaban J connectivity index is 0.00000324. The summed E-state index contributed by atoms with van der Waals surface area (Å²) in [5.41, 5.74) is 0. The maximum absolute atomic E-state index is 11.2. The zero-order valence-corrected chi connectivity index (χ0v) is 14.9. The standard InChI is InChI=1S/2C4H4O4.CH3.Na.Sn/c2*5-3(6)1-2-4(7)8;;;/h2*1-2H,(H,5,6)(H,7,8);1H3;;/q;;;+1;+3/p-4/b2-1-;;;;. The number of carboxylic acids is 1. The molecule has 1 aliphatic heterocycles. The van der Waals surface area contributed by atoms with E-state index in [1.54, 1.807) is 0 Å². The van der Waals surface area contributed by atoms with E-state index in [0.717, 1.165) is 12.2 Å². The van der Waals surface area contributed by atoms with Crippen molar-refractivity contribution in [1.29, 1.82) is 0 Å². The quantitative estimate of drug-likeness (QED) is 0.351. The number of aliphatic carboxylic acids is 1. The van der Waals surface area contributed by atoms with Crippen molar-refractivity contribution in [3.05, 3.63) is 24.3 Å². The van der Waals surface area contributed by atoms with Crippen molar-refractivity contribution >= 4 is 43.5 Å². The van der Waals surface area contributed by atoms with Gasteiger partial charge in [-0.1, -0.05) is 0 Å². The zero-order chi connectivity index (χ0) is 13.8. The van der Waals surface area contributed by atoms with E-state index < -0.39 is 43.5 Å². The van der Waals surface area contributed by atoms with Gasteiger partial charge in [0, 0.05) is 0 Å². The van der Waals surface area contributed by atoms with Crippen LogP contribution in [0.5, 0.6) is 0 Å². The molecule has 10 heteroatoms. The van der Waals surface area contributed by atoms with E-state index in [1.807, 2.05) is 0 Å². The fourth-order valence-corrected chi connectivity index (χ4v) is 5.05. The summed E-state index contributed by atoms with van der Waals surface area (Å²) in [6.45, 7) is 0. The van der Waals surface area contributed by atoms with Crippen molar-refractivity contribution < 1.29 is 63.1 Å². The molecule has 0 unspecified atom stereocenters. The Kier molecular flexibility index (Phi) is 7.34. The molecule has 1 heterocycles. The molecule has 0 bridgehead atoms. The van der Waals surface area contributed by atoms with Crippen LogP contribution in [0.25, 0.3) is 0 Å². The first-order chi connectivity index (χ1) is 8.31. The van der Waals surface area contributed by atoms with Gasteiger partial charge in [0.2, 0.25) is 0 Å². The molecule has 1 rings (SSSR count). The van der Waals surface area contributed by atoms with Gasteiger partial charge in [0.05, 0.1) is 0 Å². The first kappa shape index (κ1) is 18.2. The minimum atomic E-state index is -4.63. The van der Waals surface area contributed by atoms with Gasteiger partial charge in [-0.05, 0) is 0 Å². The summed E-state index contributed by atoms with van der Waals surface area (Å²) in [5, 5.41) is 10.1. The van der Waals surface area contributed by atoms with E-state index in [1.165, 1.54) is 4.94 Å². The van der Waals surface area contributed by atoms with Gasteiger partial charge in [0.25, 0.3) is 0 Å². The zero-order valence-electron chi connectivity index (χ0n) is 10.1. The van der Waals surface area contributed by atoms with E-state index in [2.05, 4.69) is 0 Å². The van der Waals surface area contributed by atoms with E-state index in [0.29, 0.717) is 12.2 Å². The first-order valence-corrected chi connectivity index (χ1v) is 10.9. The van der Waals surface area contributed by atoms with Crippen molar-refractivity contribution in [2.24, 2.45) is 0 Å². The Morgan fingerprint density at radius 3 is 2.11 bits per heavy atom. The Bertz CT molecular complexity index is 449. The van der Waals surface area contributed by atoms with E-state index >= 15 is 0 Å². The van der Waals surface area contributed by atoms with Crippen molar-refractivity contribution in [3.63, 3.8) is 0 Å². The van der Waals surface area contributed by atoms with Crippen molar-refractivity contribution in [2.75, 3.05) is 0 Å². The summed E-state index contributed by atoms with van der Waals surface area (Å²) in [7, 11) is 0. The van der Waals surface area contributed by atoms with Crippen LogP contribution in [0.2, 0.25) is 4.94 Å². The molecule has 0 spiro atoms. The largest absolute Gasteiger partial charge is 1.00 e. The molecule has 0 aromatic heterocycles. The van der Waals surface area contributed by atoms with Gasteiger partial charge in [-0.3, -0.25) is 0 Å². The summed E-state index contributed by atoms with van der Waals surface area (Å²) in [6.07, 6.45) is 2.69. The molecule has 0 radical (unpaired) electrons. The number of hydrogen-bond donors (Lipinski definition) is 0. The molecular formula is C9H7NaO8Sn. The van der Waals surface area contributed by atoms with E-state index in [9.17, 15) is 24.3 Å². The summed E-state index contributed by atoms with van der Waals surface area (Å²) >= 11 is -4.63. The first-order valence-electron chi connectivity index (χ1n) is 4.57.